The van der Waals surface area contributed by atoms with E-state index in [-0.39, 0.29) is 36.0 Å². The van der Waals surface area contributed by atoms with Crippen molar-refractivity contribution in [2.75, 3.05) is 26.2 Å². The number of nitrogens with one attached hydrogen (secondary N) is 1. The van der Waals surface area contributed by atoms with E-state index in [0.29, 0.717) is 25.1 Å². The van der Waals surface area contributed by atoms with Gasteiger partial charge in [-0.05, 0) is 55.0 Å². The average molecular weight is 492 g/mol. The van der Waals surface area contributed by atoms with Crippen molar-refractivity contribution >= 4 is 11.8 Å². The van der Waals surface area contributed by atoms with Crippen LogP contribution in [0.25, 0.3) is 0 Å². The van der Waals surface area contributed by atoms with E-state index >= 15 is 0 Å². The molecule has 2 aromatic heterocycles. The SMILES string of the molecule is O=C(c1ccc(O)nc1)N1CCN(C(=O)c2cc(Cc3n[nH]c(=O)c4c3CCCC4)ccc2F)CC1. The van der Waals surface area contributed by atoms with Crippen molar-refractivity contribution in [2.24, 2.45) is 0 Å². The number of benzene rings is 1. The third-order valence-electron chi connectivity index (χ3n) is 6.86. The number of aromatic nitrogens is 3. The predicted molar refractivity (Wildman–Crippen MR) is 128 cm³/mol. The van der Waals surface area contributed by atoms with Crippen LogP contribution in [0.5, 0.6) is 5.88 Å². The van der Waals surface area contributed by atoms with Crippen molar-refractivity contribution in [3.63, 3.8) is 0 Å². The molecular formula is C26H26FN5O4. The lowest BCUT2D eigenvalue weighted by Gasteiger charge is -2.35. The Hall–Kier alpha value is -4.08. The number of halogens is 1. The normalized spacial score (nSPS) is 15.5. The van der Waals surface area contributed by atoms with Crippen molar-refractivity contribution in [1.82, 2.24) is 25.0 Å². The van der Waals surface area contributed by atoms with Crippen LogP contribution in [0.15, 0.2) is 41.3 Å². The number of aromatic amines is 1. The Morgan fingerprint density at radius 1 is 0.972 bits per heavy atom. The maximum Gasteiger partial charge on any atom is 0.267 e. The van der Waals surface area contributed by atoms with Crippen molar-refractivity contribution in [1.29, 1.82) is 0 Å². The van der Waals surface area contributed by atoms with Gasteiger partial charge < -0.3 is 14.9 Å². The maximum absolute atomic E-state index is 14.7. The van der Waals surface area contributed by atoms with E-state index in [1.165, 1.54) is 24.4 Å². The highest BCUT2D eigenvalue weighted by Crippen LogP contribution is 2.23. The number of rotatable bonds is 4. The lowest BCUT2D eigenvalue weighted by Crippen LogP contribution is -2.50. The molecule has 3 aromatic rings. The number of hydrogen-bond acceptors (Lipinski definition) is 6. The molecule has 1 saturated heterocycles. The standard InChI is InChI=1S/C26H26FN5O4/c27-21-7-5-16(14-22-18-3-1-2-4-19(18)24(34)30-29-22)13-20(21)26(36)32-11-9-31(10-12-32)25(35)17-6-8-23(33)28-15-17/h5-8,13,15H,1-4,9-12,14H2,(H,28,33)(H,30,34). The van der Waals surface area contributed by atoms with E-state index in [9.17, 15) is 23.9 Å². The lowest BCUT2D eigenvalue weighted by atomic mass is 9.90. The Morgan fingerprint density at radius 2 is 1.67 bits per heavy atom. The van der Waals surface area contributed by atoms with Gasteiger partial charge in [-0.1, -0.05) is 6.07 Å². The van der Waals surface area contributed by atoms with E-state index in [0.717, 1.165) is 48.1 Å². The van der Waals surface area contributed by atoms with Gasteiger partial charge in [0.25, 0.3) is 17.4 Å². The van der Waals surface area contributed by atoms with Crippen LogP contribution in [0.2, 0.25) is 0 Å². The second-order valence-electron chi connectivity index (χ2n) is 9.14. The first-order valence-corrected chi connectivity index (χ1v) is 12.0. The van der Waals surface area contributed by atoms with Gasteiger partial charge in [0.15, 0.2) is 0 Å². The van der Waals surface area contributed by atoms with E-state index in [4.69, 9.17) is 0 Å². The van der Waals surface area contributed by atoms with Gasteiger partial charge in [0.1, 0.15) is 5.82 Å². The fraction of sp³-hybridized carbons (Fsp3) is 0.346. The molecule has 0 unspecified atom stereocenters. The van der Waals surface area contributed by atoms with Crippen molar-refractivity contribution in [3.05, 3.63) is 86.2 Å². The van der Waals surface area contributed by atoms with Crippen molar-refractivity contribution in [3.8, 4) is 5.88 Å². The number of hydrogen-bond donors (Lipinski definition) is 2. The Balaban J connectivity index is 1.28. The second kappa shape index (κ2) is 9.88. The van der Waals surface area contributed by atoms with Crippen LogP contribution in [0.1, 0.15) is 55.9 Å². The van der Waals surface area contributed by atoms with E-state index in [1.807, 2.05) is 0 Å². The Kier molecular flexibility index (Phi) is 6.49. The van der Waals surface area contributed by atoms with Gasteiger partial charge >= 0.3 is 0 Å². The molecule has 2 aliphatic rings. The highest BCUT2D eigenvalue weighted by atomic mass is 19.1. The van der Waals surface area contributed by atoms with Gasteiger partial charge in [-0.15, -0.1) is 0 Å². The quantitative estimate of drug-likeness (QED) is 0.577. The molecule has 0 atom stereocenters. The third-order valence-corrected chi connectivity index (χ3v) is 6.86. The molecule has 36 heavy (non-hydrogen) atoms. The van der Waals surface area contributed by atoms with Crippen LogP contribution in [0.4, 0.5) is 4.39 Å². The minimum absolute atomic E-state index is 0.0201. The number of pyridine rings is 1. The van der Waals surface area contributed by atoms with Crippen LogP contribution in [0.3, 0.4) is 0 Å². The molecule has 0 spiro atoms. The number of H-pyrrole nitrogens is 1. The Labute approximate surface area is 206 Å². The molecule has 10 heteroatoms. The monoisotopic (exact) mass is 491 g/mol. The number of amides is 2. The maximum atomic E-state index is 14.7. The highest BCUT2D eigenvalue weighted by molar-refractivity contribution is 5.96. The zero-order valence-corrected chi connectivity index (χ0v) is 19.7. The number of aromatic hydroxyl groups is 1. The summed E-state index contributed by atoms with van der Waals surface area (Å²) in [5.74, 6) is -1.43. The molecule has 1 aliphatic heterocycles. The third kappa shape index (κ3) is 4.71. The number of nitrogens with zero attached hydrogens (tertiary/aromatic N) is 4. The van der Waals surface area contributed by atoms with Gasteiger partial charge in [0, 0.05) is 50.4 Å². The number of carbonyl (C=O) groups is 2. The van der Waals surface area contributed by atoms with Crippen LogP contribution in [-0.2, 0) is 19.3 Å². The van der Waals surface area contributed by atoms with E-state index in [1.54, 1.807) is 21.9 Å². The topological polar surface area (TPSA) is 119 Å². The summed E-state index contributed by atoms with van der Waals surface area (Å²) in [4.78, 5) is 44.9. The first kappa shape index (κ1) is 23.7. The second-order valence-corrected chi connectivity index (χ2v) is 9.14. The summed E-state index contributed by atoms with van der Waals surface area (Å²) in [5, 5.41) is 16.1. The van der Waals surface area contributed by atoms with Crippen LogP contribution < -0.4 is 5.56 Å². The highest BCUT2D eigenvalue weighted by Gasteiger charge is 2.27. The number of carbonyl (C=O) groups excluding carboxylic acids is 2. The van der Waals surface area contributed by atoms with Gasteiger partial charge in [0.2, 0.25) is 5.88 Å². The summed E-state index contributed by atoms with van der Waals surface area (Å²) in [6, 6.07) is 7.33. The molecule has 0 saturated carbocycles. The Bertz CT molecular complexity index is 1360. The van der Waals surface area contributed by atoms with E-state index < -0.39 is 11.7 Å². The lowest BCUT2D eigenvalue weighted by molar-refractivity contribution is 0.0532. The summed E-state index contributed by atoms with van der Waals surface area (Å²) < 4.78 is 14.7. The summed E-state index contributed by atoms with van der Waals surface area (Å²) in [5.41, 5.74) is 3.42. The molecule has 1 aromatic carbocycles. The molecule has 186 valence electrons. The first-order valence-electron chi connectivity index (χ1n) is 12.0. The van der Waals surface area contributed by atoms with Crippen molar-refractivity contribution < 1.29 is 19.1 Å². The average Bonchev–Trinajstić information content (AvgIpc) is 2.91. The Morgan fingerprint density at radius 3 is 2.36 bits per heavy atom. The summed E-state index contributed by atoms with van der Waals surface area (Å²) in [7, 11) is 0. The van der Waals surface area contributed by atoms with Gasteiger partial charge in [0.05, 0.1) is 16.8 Å². The van der Waals surface area contributed by atoms with Crippen LogP contribution in [-0.4, -0.2) is 68.1 Å². The van der Waals surface area contributed by atoms with Gasteiger partial charge in [-0.3, -0.25) is 14.4 Å². The summed E-state index contributed by atoms with van der Waals surface area (Å²) in [6.07, 6.45) is 5.19. The van der Waals surface area contributed by atoms with Gasteiger partial charge in [-0.2, -0.15) is 5.10 Å². The molecule has 2 N–H and O–H groups in total. The summed E-state index contributed by atoms with van der Waals surface area (Å²) >= 11 is 0. The van der Waals surface area contributed by atoms with E-state index in [2.05, 4.69) is 15.2 Å². The predicted octanol–water partition coefficient (Wildman–Crippen LogP) is 2.08. The zero-order valence-electron chi connectivity index (χ0n) is 19.7. The van der Waals surface area contributed by atoms with Crippen LogP contribution >= 0.6 is 0 Å². The zero-order chi connectivity index (χ0) is 25.2. The first-order chi connectivity index (χ1) is 17.4. The summed E-state index contributed by atoms with van der Waals surface area (Å²) in [6.45, 7) is 1.16. The minimum atomic E-state index is -0.603. The molecule has 9 nitrogen and oxygen atoms in total. The molecule has 5 rings (SSSR count). The minimum Gasteiger partial charge on any atom is -0.493 e. The molecule has 0 radical (unpaired) electrons. The molecule has 3 heterocycles. The fourth-order valence-corrected chi connectivity index (χ4v) is 4.89. The van der Waals surface area contributed by atoms with Gasteiger partial charge in [-0.25, -0.2) is 14.5 Å². The number of fused-ring (bicyclic) bond motifs is 1. The molecule has 1 fully saturated rings. The van der Waals surface area contributed by atoms with Crippen LogP contribution in [0, 0.1) is 5.82 Å². The van der Waals surface area contributed by atoms with Crippen molar-refractivity contribution in [2.45, 2.75) is 32.1 Å². The smallest absolute Gasteiger partial charge is 0.267 e. The molecule has 2 amide bonds. The molecule has 1 aliphatic carbocycles. The fourth-order valence-electron chi connectivity index (χ4n) is 4.89. The number of piperazine rings is 1. The molecular weight excluding hydrogens is 465 g/mol. The largest absolute Gasteiger partial charge is 0.493 e. The molecule has 0 bridgehead atoms.